The molecule has 1 atom stereocenters. The fourth-order valence-electron chi connectivity index (χ4n) is 3.17. The lowest BCUT2D eigenvalue weighted by Crippen LogP contribution is -2.46. The average molecular weight is 299 g/mol. The van der Waals surface area contributed by atoms with Crippen LogP contribution in [0.3, 0.4) is 0 Å². The monoisotopic (exact) mass is 299 g/mol. The van der Waals surface area contributed by atoms with Gasteiger partial charge in [0.1, 0.15) is 11.3 Å². The fourth-order valence-corrected chi connectivity index (χ4v) is 3.17. The molecular formula is C18H25N3O. The molecule has 1 fully saturated rings. The number of fused-ring (bicyclic) bond motifs is 1. The normalized spacial score (nSPS) is 19.6. The summed E-state index contributed by atoms with van der Waals surface area (Å²) in [5.41, 5.74) is 0.965. The Kier molecular flexibility index (Phi) is 4.66. The van der Waals surface area contributed by atoms with E-state index in [4.69, 9.17) is 4.42 Å². The second-order valence-corrected chi connectivity index (χ2v) is 6.17. The first-order chi connectivity index (χ1) is 10.8. The third-order valence-electron chi connectivity index (χ3n) is 4.30. The van der Waals surface area contributed by atoms with E-state index in [2.05, 4.69) is 34.3 Å². The Morgan fingerprint density at radius 3 is 3.05 bits per heavy atom. The smallest absolute Gasteiger partial charge is 0.193 e. The molecule has 2 aromatic rings. The Morgan fingerprint density at radius 2 is 2.27 bits per heavy atom. The molecule has 0 saturated carbocycles. The molecule has 4 heteroatoms. The van der Waals surface area contributed by atoms with E-state index in [9.17, 15) is 0 Å². The highest BCUT2D eigenvalue weighted by molar-refractivity contribution is 5.80. The quantitative estimate of drug-likeness (QED) is 0.698. The highest BCUT2D eigenvalue weighted by Gasteiger charge is 2.18. The maximum atomic E-state index is 5.85. The van der Waals surface area contributed by atoms with Crippen LogP contribution >= 0.6 is 0 Å². The molecule has 1 saturated heterocycles. The number of nitrogens with one attached hydrogen (secondary N) is 1. The van der Waals surface area contributed by atoms with Gasteiger partial charge in [-0.15, -0.1) is 0 Å². The van der Waals surface area contributed by atoms with Crippen LogP contribution < -0.4 is 5.32 Å². The maximum Gasteiger partial charge on any atom is 0.193 e. The molecule has 1 N–H and O–H groups in total. The van der Waals surface area contributed by atoms with Gasteiger partial charge in [-0.05, 0) is 30.9 Å². The third-order valence-corrected chi connectivity index (χ3v) is 4.30. The molecule has 0 radical (unpaired) electrons. The second kappa shape index (κ2) is 6.86. The predicted octanol–water partition coefficient (Wildman–Crippen LogP) is 3.28. The first-order valence-corrected chi connectivity index (χ1v) is 8.19. The Hall–Kier alpha value is -1.97. The fraction of sp³-hybridized carbons (Fsp3) is 0.500. The number of aliphatic imine (C=N–C) groups is 1. The lowest BCUT2D eigenvalue weighted by atomic mass is 10.0. The number of hydrogen-bond acceptors (Lipinski definition) is 2. The molecular weight excluding hydrogens is 274 g/mol. The summed E-state index contributed by atoms with van der Waals surface area (Å²) in [7, 11) is 1.86. The molecule has 1 unspecified atom stereocenters. The summed E-state index contributed by atoms with van der Waals surface area (Å²) in [6, 6.07) is 10.3. The van der Waals surface area contributed by atoms with Crippen LogP contribution in [0.1, 0.15) is 25.5 Å². The van der Waals surface area contributed by atoms with Crippen molar-refractivity contribution < 1.29 is 4.42 Å². The first kappa shape index (κ1) is 14.9. The summed E-state index contributed by atoms with van der Waals surface area (Å²) in [5.74, 6) is 2.79. The van der Waals surface area contributed by atoms with Crippen LogP contribution in [0, 0.1) is 5.92 Å². The molecule has 3 rings (SSSR count). The molecule has 0 spiro atoms. The summed E-state index contributed by atoms with van der Waals surface area (Å²) < 4.78 is 5.85. The van der Waals surface area contributed by atoms with Crippen LogP contribution in [0.2, 0.25) is 0 Å². The Labute approximate surface area is 132 Å². The van der Waals surface area contributed by atoms with E-state index in [1.54, 1.807) is 0 Å². The molecule has 0 amide bonds. The number of nitrogens with zero attached hydrogens (tertiary/aromatic N) is 2. The van der Waals surface area contributed by atoms with Crippen LogP contribution in [0.15, 0.2) is 39.7 Å². The van der Waals surface area contributed by atoms with Gasteiger partial charge in [0.2, 0.25) is 0 Å². The highest BCUT2D eigenvalue weighted by atomic mass is 16.3. The minimum Gasteiger partial charge on any atom is -0.461 e. The summed E-state index contributed by atoms with van der Waals surface area (Å²) in [4.78, 5) is 6.79. The molecule has 0 aliphatic carbocycles. The lowest BCUT2D eigenvalue weighted by Gasteiger charge is -2.33. The van der Waals surface area contributed by atoms with Crippen molar-refractivity contribution in [2.24, 2.45) is 10.9 Å². The van der Waals surface area contributed by atoms with E-state index in [1.807, 2.05) is 25.2 Å². The molecule has 1 aromatic carbocycles. The van der Waals surface area contributed by atoms with Crippen LogP contribution in [-0.4, -0.2) is 37.5 Å². The number of hydrogen-bond donors (Lipinski definition) is 1. The number of benzene rings is 1. The average Bonchev–Trinajstić information content (AvgIpc) is 2.94. The zero-order valence-electron chi connectivity index (χ0n) is 13.5. The summed E-state index contributed by atoms with van der Waals surface area (Å²) >= 11 is 0. The van der Waals surface area contributed by atoms with E-state index < -0.39 is 0 Å². The van der Waals surface area contributed by atoms with Crippen LogP contribution in [0.5, 0.6) is 0 Å². The van der Waals surface area contributed by atoms with Crippen molar-refractivity contribution in [1.29, 1.82) is 0 Å². The van der Waals surface area contributed by atoms with Gasteiger partial charge in [-0.25, -0.2) is 0 Å². The minimum atomic E-state index is 0.752. The second-order valence-electron chi connectivity index (χ2n) is 6.17. The Morgan fingerprint density at radius 1 is 1.41 bits per heavy atom. The lowest BCUT2D eigenvalue weighted by molar-refractivity contribution is 0.266. The van der Waals surface area contributed by atoms with E-state index in [0.717, 1.165) is 49.3 Å². The van der Waals surface area contributed by atoms with Crippen molar-refractivity contribution in [2.45, 2.75) is 26.2 Å². The number of rotatable bonds is 3. The number of likely N-dealkylation sites (tertiary alicyclic amines) is 1. The zero-order valence-corrected chi connectivity index (χ0v) is 13.5. The van der Waals surface area contributed by atoms with Crippen LogP contribution in [0.25, 0.3) is 11.0 Å². The molecule has 1 aromatic heterocycles. The Bertz CT molecular complexity index is 614. The van der Waals surface area contributed by atoms with E-state index in [0.29, 0.717) is 0 Å². The van der Waals surface area contributed by atoms with Crippen molar-refractivity contribution in [3.8, 4) is 0 Å². The van der Waals surface area contributed by atoms with Crippen molar-refractivity contribution in [1.82, 2.24) is 10.2 Å². The van der Waals surface area contributed by atoms with Gasteiger partial charge in [0.25, 0.3) is 0 Å². The SMILES string of the molecule is CN=C(NCCc1cc2ccccc2o1)N1CCCC(C)C1. The largest absolute Gasteiger partial charge is 0.461 e. The highest BCUT2D eigenvalue weighted by Crippen LogP contribution is 2.19. The third kappa shape index (κ3) is 3.43. The van der Waals surface area contributed by atoms with Crippen LogP contribution in [-0.2, 0) is 6.42 Å². The van der Waals surface area contributed by atoms with Gasteiger partial charge in [0.15, 0.2) is 5.96 Å². The summed E-state index contributed by atoms with van der Waals surface area (Å²) in [6.07, 6.45) is 3.45. The molecule has 22 heavy (non-hydrogen) atoms. The molecule has 1 aliphatic heterocycles. The summed E-state index contributed by atoms with van der Waals surface area (Å²) in [6.45, 7) is 5.37. The van der Waals surface area contributed by atoms with Gasteiger partial charge in [-0.2, -0.15) is 0 Å². The molecule has 118 valence electrons. The number of guanidine groups is 1. The first-order valence-electron chi connectivity index (χ1n) is 8.19. The number of furan rings is 1. The summed E-state index contributed by atoms with van der Waals surface area (Å²) in [5, 5.41) is 4.64. The van der Waals surface area contributed by atoms with Crippen molar-refractivity contribution in [3.05, 3.63) is 36.1 Å². The van der Waals surface area contributed by atoms with Crippen molar-refractivity contribution in [2.75, 3.05) is 26.7 Å². The molecule has 2 heterocycles. The van der Waals surface area contributed by atoms with Crippen molar-refractivity contribution in [3.63, 3.8) is 0 Å². The van der Waals surface area contributed by atoms with Crippen molar-refractivity contribution >= 4 is 16.9 Å². The Balaban J connectivity index is 1.54. The molecule has 1 aliphatic rings. The zero-order chi connectivity index (χ0) is 15.4. The van der Waals surface area contributed by atoms with E-state index in [1.165, 1.54) is 18.2 Å². The number of piperidine rings is 1. The molecule has 0 bridgehead atoms. The van der Waals surface area contributed by atoms with Gasteiger partial charge in [0.05, 0.1) is 0 Å². The van der Waals surface area contributed by atoms with Gasteiger partial charge in [-0.1, -0.05) is 25.1 Å². The minimum absolute atomic E-state index is 0.752. The van der Waals surface area contributed by atoms with Gasteiger partial charge in [0, 0.05) is 38.5 Å². The van der Waals surface area contributed by atoms with E-state index in [-0.39, 0.29) is 0 Å². The number of para-hydroxylation sites is 1. The van der Waals surface area contributed by atoms with Gasteiger partial charge >= 0.3 is 0 Å². The topological polar surface area (TPSA) is 40.8 Å². The van der Waals surface area contributed by atoms with Crippen LogP contribution in [0.4, 0.5) is 0 Å². The maximum absolute atomic E-state index is 5.85. The predicted molar refractivity (Wildman–Crippen MR) is 91.3 cm³/mol. The molecule has 4 nitrogen and oxygen atoms in total. The standard InChI is InChI=1S/C18H25N3O/c1-14-6-5-11-21(13-14)18(19-2)20-10-9-16-12-15-7-3-4-8-17(15)22-16/h3-4,7-8,12,14H,5-6,9-11,13H2,1-2H3,(H,19,20). The van der Waals surface area contributed by atoms with Gasteiger partial charge in [-0.3, -0.25) is 4.99 Å². The van der Waals surface area contributed by atoms with Gasteiger partial charge < -0.3 is 14.6 Å². The van der Waals surface area contributed by atoms with E-state index >= 15 is 0 Å².